The number of nitrogens with one attached hydrogen (secondary N) is 4. The van der Waals surface area contributed by atoms with Gasteiger partial charge in [0, 0.05) is 33.8 Å². The highest BCUT2D eigenvalue weighted by Crippen LogP contribution is 2.42. The number of aryl methyl sites for hydroxylation is 2. The van der Waals surface area contributed by atoms with Gasteiger partial charge < -0.3 is 35.0 Å². The first kappa shape index (κ1) is 27.1. The Morgan fingerprint density at radius 2 is 1.85 bits per heavy atom. The van der Waals surface area contributed by atoms with Crippen LogP contribution in [0.3, 0.4) is 0 Å². The molecule has 4 heterocycles. The van der Waals surface area contributed by atoms with Crippen LogP contribution in [0, 0.1) is 13.8 Å². The number of aliphatic hydroxyl groups is 1. The predicted molar refractivity (Wildman–Crippen MR) is 159 cm³/mol. The lowest BCUT2D eigenvalue weighted by Gasteiger charge is -2.25. The van der Waals surface area contributed by atoms with Crippen molar-refractivity contribution in [2.75, 3.05) is 12.4 Å². The topological polar surface area (TPSA) is 141 Å². The molecule has 5 N–H and O–H groups in total. The van der Waals surface area contributed by atoms with Crippen LogP contribution in [0.15, 0.2) is 27.7 Å². The number of methoxy groups -OCH3 is 1. The predicted octanol–water partition coefficient (Wildman–Crippen LogP) is 5.54. The molecule has 10 nitrogen and oxygen atoms in total. The minimum atomic E-state index is -0.267. The summed E-state index contributed by atoms with van der Waals surface area (Å²) in [6.45, 7) is 10.1. The SMILES string of the molecule is COc1cc2c3c([nH]c2cc1-c1c(C)noc1C)NC(C)N=C3c1cc(C(=O)NC2CCC(O)CC2)[nH]c1C(C)C. The Kier molecular flexibility index (Phi) is 6.89. The van der Waals surface area contributed by atoms with E-state index >= 15 is 0 Å². The molecule has 6 rings (SSSR count). The number of carbonyl (C=O) groups is 1. The van der Waals surface area contributed by atoms with Crippen LogP contribution in [0.1, 0.15) is 91.1 Å². The molecule has 1 atom stereocenters. The first-order chi connectivity index (χ1) is 19.6. The van der Waals surface area contributed by atoms with Crippen molar-refractivity contribution in [3.8, 4) is 16.9 Å². The monoisotopic (exact) mass is 558 g/mol. The highest BCUT2D eigenvalue weighted by Gasteiger charge is 2.30. The molecule has 41 heavy (non-hydrogen) atoms. The molecule has 1 amide bonds. The first-order valence-corrected chi connectivity index (χ1v) is 14.4. The largest absolute Gasteiger partial charge is 0.496 e. The highest BCUT2D eigenvalue weighted by molar-refractivity contribution is 6.25. The summed E-state index contributed by atoms with van der Waals surface area (Å²) >= 11 is 0. The Balaban J connectivity index is 1.44. The number of aromatic amines is 2. The van der Waals surface area contributed by atoms with Gasteiger partial charge in [0.25, 0.3) is 5.91 Å². The quantitative estimate of drug-likeness (QED) is 0.210. The van der Waals surface area contributed by atoms with E-state index in [0.29, 0.717) is 24.3 Å². The van der Waals surface area contributed by atoms with Gasteiger partial charge in [-0.2, -0.15) is 0 Å². The lowest BCUT2D eigenvalue weighted by molar-refractivity contribution is 0.0863. The van der Waals surface area contributed by atoms with Crippen LogP contribution in [-0.4, -0.2) is 57.3 Å². The summed E-state index contributed by atoms with van der Waals surface area (Å²) in [5.41, 5.74) is 7.70. The third-order valence-electron chi connectivity index (χ3n) is 8.29. The molecule has 2 aliphatic rings. The number of hydrogen-bond donors (Lipinski definition) is 5. The van der Waals surface area contributed by atoms with Gasteiger partial charge in [0.15, 0.2) is 0 Å². The molecule has 1 aliphatic carbocycles. The van der Waals surface area contributed by atoms with Crippen molar-refractivity contribution in [3.63, 3.8) is 0 Å². The van der Waals surface area contributed by atoms with E-state index in [-0.39, 0.29) is 30.1 Å². The third kappa shape index (κ3) is 4.80. The molecule has 1 aromatic carbocycles. The average molecular weight is 559 g/mol. The van der Waals surface area contributed by atoms with Crippen LogP contribution < -0.4 is 15.4 Å². The number of benzene rings is 1. The number of aromatic nitrogens is 3. The second kappa shape index (κ2) is 10.4. The van der Waals surface area contributed by atoms with Crippen LogP contribution in [-0.2, 0) is 0 Å². The molecule has 1 saturated carbocycles. The number of amides is 1. The molecule has 0 spiro atoms. The molecular formula is C31H38N6O4. The number of fused-ring (bicyclic) bond motifs is 3. The molecule has 3 aromatic heterocycles. The van der Waals surface area contributed by atoms with Gasteiger partial charge in [0.05, 0.1) is 35.7 Å². The lowest BCUT2D eigenvalue weighted by atomic mass is 9.93. The number of anilines is 1. The fourth-order valence-electron chi connectivity index (χ4n) is 6.24. The van der Waals surface area contributed by atoms with E-state index in [1.165, 1.54) is 0 Å². The number of rotatable bonds is 6. The molecule has 0 radical (unpaired) electrons. The Morgan fingerprint density at radius 1 is 1.10 bits per heavy atom. The molecule has 1 unspecified atom stereocenters. The van der Waals surface area contributed by atoms with E-state index in [0.717, 1.165) is 74.7 Å². The van der Waals surface area contributed by atoms with Gasteiger partial charge in [-0.05, 0) is 70.6 Å². The molecule has 0 saturated heterocycles. The van der Waals surface area contributed by atoms with Crippen LogP contribution in [0.2, 0.25) is 0 Å². The Hall–Kier alpha value is -4.05. The summed E-state index contributed by atoms with van der Waals surface area (Å²) in [4.78, 5) is 25.4. The lowest BCUT2D eigenvalue weighted by Crippen LogP contribution is -2.38. The molecule has 0 bridgehead atoms. The Morgan fingerprint density at radius 3 is 2.51 bits per heavy atom. The van der Waals surface area contributed by atoms with E-state index in [2.05, 4.69) is 45.7 Å². The van der Waals surface area contributed by atoms with Crippen molar-refractivity contribution in [1.29, 1.82) is 0 Å². The minimum absolute atomic E-state index is 0.0657. The van der Waals surface area contributed by atoms with Gasteiger partial charge in [0.2, 0.25) is 0 Å². The van der Waals surface area contributed by atoms with E-state index in [9.17, 15) is 9.90 Å². The molecule has 1 aliphatic heterocycles. The maximum absolute atomic E-state index is 13.3. The summed E-state index contributed by atoms with van der Waals surface area (Å²) in [5, 5.41) is 21.6. The molecule has 4 aromatic rings. The summed E-state index contributed by atoms with van der Waals surface area (Å²) in [7, 11) is 1.66. The van der Waals surface area contributed by atoms with Crippen molar-refractivity contribution in [3.05, 3.63) is 52.2 Å². The number of hydrogen-bond acceptors (Lipinski definition) is 7. The Bertz CT molecular complexity index is 1630. The summed E-state index contributed by atoms with van der Waals surface area (Å²) in [6.07, 6.45) is 2.55. The zero-order valence-electron chi connectivity index (χ0n) is 24.4. The van der Waals surface area contributed by atoms with E-state index < -0.39 is 0 Å². The zero-order chi connectivity index (χ0) is 29.0. The maximum Gasteiger partial charge on any atom is 0.267 e. The number of aliphatic imine (C=N–C) groups is 1. The van der Waals surface area contributed by atoms with Crippen molar-refractivity contribution >= 4 is 28.3 Å². The number of aliphatic hydroxyl groups excluding tert-OH is 1. The zero-order valence-corrected chi connectivity index (χ0v) is 24.4. The first-order valence-electron chi connectivity index (χ1n) is 14.4. The van der Waals surface area contributed by atoms with E-state index in [4.69, 9.17) is 14.3 Å². The van der Waals surface area contributed by atoms with Crippen LogP contribution in [0.5, 0.6) is 5.75 Å². The molecular weight excluding hydrogens is 520 g/mol. The summed E-state index contributed by atoms with van der Waals surface area (Å²) < 4.78 is 11.3. The standard InChI is InChI=1S/C31H38N6O4/c1-14(2)28-22(12-24(35-28)31(39)34-18-7-9-19(38)10-8-18)29-27-20-13-25(40-6)21(26-15(3)37-41-16(26)4)11-23(20)36-30(27)33-17(5)32-29/h11-14,17-19,33,35-36,38H,7-10H2,1-6H3,(H,34,39). The van der Waals surface area contributed by atoms with Crippen LogP contribution in [0.25, 0.3) is 22.0 Å². The number of ether oxygens (including phenoxy) is 1. The minimum Gasteiger partial charge on any atom is -0.496 e. The number of carbonyl (C=O) groups excluding carboxylic acids is 1. The fourth-order valence-corrected chi connectivity index (χ4v) is 6.24. The second-order valence-corrected chi connectivity index (χ2v) is 11.6. The highest BCUT2D eigenvalue weighted by atomic mass is 16.5. The second-order valence-electron chi connectivity index (χ2n) is 11.6. The van der Waals surface area contributed by atoms with Crippen molar-refractivity contribution in [1.82, 2.24) is 20.4 Å². The van der Waals surface area contributed by atoms with Crippen molar-refractivity contribution in [2.45, 2.75) is 84.5 Å². The van der Waals surface area contributed by atoms with Crippen molar-refractivity contribution in [2.24, 2.45) is 4.99 Å². The Labute approximate surface area is 239 Å². The van der Waals surface area contributed by atoms with E-state index in [1.807, 2.05) is 32.9 Å². The fraction of sp³-hybridized carbons (Fsp3) is 0.452. The van der Waals surface area contributed by atoms with Gasteiger partial charge in [0.1, 0.15) is 29.2 Å². The van der Waals surface area contributed by atoms with Crippen LogP contribution >= 0.6 is 0 Å². The number of nitrogens with zero attached hydrogens (tertiary/aromatic N) is 2. The van der Waals surface area contributed by atoms with Gasteiger partial charge in [-0.25, -0.2) is 0 Å². The third-order valence-corrected chi connectivity index (χ3v) is 8.29. The maximum atomic E-state index is 13.3. The van der Waals surface area contributed by atoms with E-state index in [1.54, 1.807) is 7.11 Å². The molecule has 10 heteroatoms. The number of H-pyrrole nitrogens is 2. The molecule has 216 valence electrons. The van der Waals surface area contributed by atoms with Gasteiger partial charge >= 0.3 is 0 Å². The molecule has 1 fully saturated rings. The van der Waals surface area contributed by atoms with Gasteiger partial charge in [-0.1, -0.05) is 19.0 Å². The van der Waals surface area contributed by atoms with Crippen LogP contribution in [0.4, 0.5) is 5.82 Å². The van der Waals surface area contributed by atoms with Gasteiger partial charge in [-0.15, -0.1) is 0 Å². The smallest absolute Gasteiger partial charge is 0.267 e. The van der Waals surface area contributed by atoms with Crippen molar-refractivity contribution < 1.29 is 19.2 Å². The normalized spacial score (nSPS) is 20.6. The summed E-state index contributed by atoms with van der Waals surface area (Å²) in [5.74, 6) is 2.32. The van der Waals surface area contributed by atoms with Gasteiger partial charge in [-0.3, -0.25) is 9.79 Å². The average Bonchev–Trinajstić information content (AvgIpc) is 3.63. The summed E-state index contributed by atoms with van der Waals surface area (Å²) in [6, 6.07) is 6.10.